The maximum absolute atomic E-state index is 12.4. The molecule has 0 aliphatic heterocycles. The fraction of sp³-hybridized carbons (Fsp3) is 0.400. The van der Waals surface area contributed by atoms with Gasteiger partial charge in [0, 0.05) is 18.4 Å². The number of aryl methyl sites for hydroxylation is 1. The summed E-state index contributed by atoms with van der Waals surface area (Å²) in [5, 5.41) is 14.3. The van der Waals surface area contributed by atoms with E-state index in [1.54, 1.807) is 29.1 Å². The second-order valence-electron chi connectivity index (χ2n) is 6.85. The molecule has 0 aromatic carbocycles. The molecule has 1 saturated carbocycles. The molecule has 0 spiro atoms. The van der Waals surface area contributed by atoms with Crippen LogP contribution in [0, 0.1) is 18.3 Å². The number of nitrogens with zero attached hydrogens (tertiary/aromatic N) is 2. The number of nitrogens with one attached hydrogen (secondary N) is 2. The lowest BCUT2D eigenvalue weighted by Gasteiger charge is -2.22. The van der Waals surface area contributed by atoms with Gasteiger partial charge in [0.05, 0.1) is 0 Å². The van der Waals surface area contributed by atoms with Gasteiger partial charge in [0.25, 0.3) is 5.91 Å². The molecule has 0 radical (unpaired) electrons. The number of imide groups is 1. The highest BCUT2D eigenvalue weighted by Gasteiger charge is 2.26. The molecule has 2 heterocycles. The van der Waals surface area contributed by atoms with Gasteiger partial charge in [-0.1, -0.05) is 19.3 Å². The fourth-order valence-corrected chi connectivity index (χ4v) is 3.37. The van der Waals surface area contributed by atoms with E-state index in [1.165, 1.54) is 6.92 Å². The molecular formula is C20H22N4O5. The summed E-state index contributed by atoms with van der Waals surface area (Å²) in [5.74, 6) is -1.23. The van der Waals surface area contributed by atoms with Gasteiger partial charge in [-0.05, 0) is 31.9 Å². The molecular weight excluding hydrogens is 376 g/mol. The van der Waals surface area contributed by atoms with Crippen molar-refractivity contribution in [2.24, 2.45) is 0 Å². The predicted octanol–water partition coefficient (Wildman–Crippen LogP) is 2.57. The van der Waals surface area contributed by atoms with Crippen LogP contribution in [0.2, 0.25) is 0 Å². The molecule has 0 atom stereocenters. The first-order valence-corrected chi connectivity index (χ1v) is 9.44. The van der Waals surface area contributed by atoms with Crippen molar-refractivity contribution in [3.8, 4) is 12.0 Å². The van der Waals surface area contributed by atoms with Crippen LogP contribution in [0.1, 0.15) is 53.8 Å². The fourth-order valence-electron chi connectivity index (χ4n) is 3.37. The van der Waals surface area contributed by atoms with E-state index in [-0.39, 0.29) is 28.8 Å². The SMILES string of the molecule is Cc1oc(-n2cccc2)c(C#N)c1C(=O)OCC(=O)NC(=O)NC1CCCCC1. The Hall–Kier alpha value is -3.54. The van der Waals surface area contributed by atoms with Gasteiger partial charge in [0.2, 0.25) is 5.88 Å². The normalized spacial score (nSPS) is 14.1. The quantitative estimate of drug-likeness (QED) is 0.746. The van der Waals surface area contributed by atoms with Crippen LogP contribution in [0.15, 0.2) is 28.9 Å². The Bertz CT molecular complexity index is 933. The van der Waals surface area contributed by atoms with E-state index in [0.29, 0.717) is 0 Å². The van der Waals surface area contributed by atoms with E-state index in [4.69, 9.17) is 9.15 Å². The van der Waals surface area contributed by atoms with Gasteiger partial charge in [-0.25, -0.2) is 9.59 Å². The number of hydrogen-bond donors (Lipinski definition) is 2. The van der Waals surface area contributed by atoms with Gasteiger partial charge in [-0.15, -0.1) is 0 Å². The van der Waals surface area contributed by atoms with Crippen molar-refractivity contribution >= 4 is 17.9 Å². The number of urea groups is 1. The number of carbonyl (C=O) groups is 3. The van der Waals surface area contributed by atoms with Crippen molar-refractivity contribution in [3.63, 3.8) is 0 Å². The lowest BCUT2D eigenvalue weighted by Crippen LogP contribution is -2.46. The Kier molecular flexibility index (Phi) is 6.34. The molecule has 0 saturated heterocycles. The third kappa shape index (κ3) is 4.85. The number of hydrogen-bond acceptors (Lipinski definition) is 6. The third-order valence-corrected chi connectivity index (χ3v) is 4.75. The van der Waals surface area contributed by atoms with Crippen LogP contribution in [0.25, 0.3) is 5.88 Å². The number of aromatic nitrogens is 1. The van der Waals surface area contributed by atoms with Crippen LogP contribution in [-0.4, -0.2) is 35.1 Å². The molecule has 152 valence electrons. The molecule has 9 heteroatoms. The minimum Gasteiger partial charge on any atom is -0.452 e. The lowest BCUT2D eigenvalue weighted by atomic mass is 9.96. The molecule has 0 unspecified atom stereocenters. The molecule has 2 aromatic heterocycles. The largest absolute Gasteiger partial charge is 0.452 e. The van der Waals surface area contributed by atoms with Crippen LogP contribution in [0.3, 0.4) is 0 Å². The summed E-state index contributed by atoms with van der Waals surface area (Å²) in [6.07, 6.45) is 8.37. The maximum atomic E-state index is 12.4. The standard InChI is InChI=1S/C20H22N4O5/c1-13-17(15(11-21)18(29-13)24-9-5-6-10-24)19(26)28-12-16(25)23-20(27)22-14-7-3-2-4-8-14/h5-6,9-10,14H,2-4,7-8,12H2,1H3,(H2,22,23,25,27). The average molecular weight is 398 g/mol. The summed E-state index contributed by atoms with van der Waals surface area (Å²) in [6, 6.07) is 4.89. The van der Waals surface area contributed by atoms with Crippen molar-refractivity contribution in [3.05, 3.63) is 41.4 Å². The summed E-state index contributed by atoms with van der Waals surface area (Å²) in [7, 11) is 0. The van der Waals surface area contributed by atoms with E-state index in [2.05, 4.69) is 10.6 Å². The van der Waals surface area contributed by atoms with Crippen molar-refractivity contribution < 1.29 is 23.5 Å². The summed E-state index contributed by atoms with van der Waals surface area (Å²) >= 11 is 0. The van der Waals surface area contributed by atoms with Crippen LogP contribution >= 0.6 is 0 Å². The summed E-state index contributed by atoms with van der Waals surface area (Å²) in [5.41, 5.74) is -0.0326. The molecule has 29 heavy (non-hydrogen) atoms. The van der Waals surface area contributed by atoms with Gasteiger partial charge in [0.1, 0.15) is 23.0 Å². The second kappa shape index (κ2) is 9.10. The van der Waals surface area contributed by atoms with Gasteiger partial charge in [0.15, 0.2) is 6.61 Å². The molecule has 1 aliphatic rings. The Labute approximate surface area is 167 Å². The molecule has 3 rings (SSSR count). The van der Waals surface area contributed by atoms with E-state index in [9.17, 15) is 19.6 Å². The number of nitriles is 1. The number of furan rings is 1. The average Bonchev–Trinajstić information content (AvgIpc) is 3.34. The Morgan fingerprint density at radius 1 is 1.24 bits per heavy atom. The number of esters is 1. The molecule has 1 fully saturated rings. The van der Waals surface area contributed by atoms with E-state index in [0.717, 1.165) is 32.1 Å². The molecule has 3 amide bonds. The monoisotopic (exact) mass is 398 g/mol. The first-order chi connectivity index (χ1) is 14.0. The zero-order valence-corrected chi connectivity index (χ0v) is 16.1. The minimum absolute atomic E-state index is 0.0131. The first kappa shape index (κ1) is 20.2. The van der Waals surface area contributed by atoms with Crippen LogP contribution in [0.5, 0.6) is 0 Å². The summed E-state index contributed by atoms with van der Waals surface area (Å²) in [6.45, 7) is 0.882. The molecule has 2 N–H and O–H groups in total. The Balaban J connectivity index is 1.57. The highest BCUT2D eigenvalue weighted by Crippen LogP contribution is 2.26. The van der Waals surface area contributed by atoms with E-state index in [1.807, 2.05) is 6.07 Å². The summed E-state index contributed by atoms with van der Waals surface area (Å²) in [4.78, 5) is 36.2. The van der Waals surface area contributed by atoms with Crippen molar-refractivity contribution in [1.29, 1.82) is 5.26 Å². The predicted molar refractivity (Wildman–Crippen MR) is 101 cm³/mol. The lowest BCUT2D eigenvalue weighted by molar-refractivity contribution is -0.123. The molecule has 2 aromatic rings. The highest BCUT2D eigenvalue weighted by atomic mass is 16.5. The highest BCUT2D eigenvalue weighted by molar-refractivity contribution is 5.98. The van der Waals surface area contributed by atoms with Crippen molar-refractivity contribution in [1.82, 2.24) is 15.2 Å². The molecule has 0 bridgehead atoms. The topological polar surface area (TPSA) is 126 Å². The number of amides is 3. The zero-order valence-electron chi connectivity index (χ0n) is 16.1. The minimum atomic E-state index is -0.871. The Morgan fingerprint density at radius 2 is 1.93 bits per heavy atom. The third-order valence-electron chi connectivity index (χ3n) is 4.75. The summed E-state index contributed by atoms with van der Waals surface area (Å²) < 4.78 is 12.1. The maximum Gasteiger partial charge on any atom is 0.343 e. The van der Waals surface area contributed by atoms with Crippen molar-refractivity contribution in [2.45, 2.75) is 45.1 Å². The zero-order chi connectivity index (χ0) is 20.8. The van der Waals surface area contributed by atoms with Gasteiger partial charge < -0.3 is 14.5 Å². The number of rotatable bonds is 5. The van der Waals surface area contributed by atoms with Crippen LogP contribution in [0.4, 0.5) is 4.79 Å². The van der Waals surface area contributed by atoms with E-state index >= 15 is 0 Å². The molecule has 9 nitrogen and oxygen atoms in total. The molecule has 1 aliphatic carbocycles. The smallest absolute Gasteiger partial charge is 0.343 e. The Morgan fingerprint density at radius 3 is 2.59 bits per heavy atom. The second-order valence-corrected chi connectivity index (χ2v) is 6.85. The van der Waals surface area contributed by atoms with E-state index < -0.39 is 24.5 Å². The van der Waals surface area contributed by atoms with Gasteiger partial charge in [-0.3, -0.25) is 14.7 Å². The van der Waals surface area contributed by atoms with Crippen LogP contribution in [-0.2, 0) is 9.53 Å². The number of carbonyl (C=O) groups excluding carboxylic acids is 3. The number of ether oxygens (including phenoxy) is 1. The van der Waals surface area contributed by atoms with Crippen molar-refractivity contribution in [2.75, 3.05) is 6.61 Å². The van der Waals surface area contributed by atoms with Gasteiger partial charge in [-0.2, -0.15) is 5.26 Å². The van der Waals surface area contributed by atoms with Gasteiger partial charge >= 0.3 is 12.0 Å². The first-order valence-electron chi connectivity index (χ1n) is 9.44. The van der Waals surface area contributed by atoms with Crippen LogP contribution < -0.4 is 10.6 Å².